The van der Waals surface area contributed by atoms with E-state index in [4.69, 9.17) is 14.0 Å². The third-order valence-corrected chi connectivity index (χ3v) is 3.58. The fourth-order valence-electron chi connectivity index (χ4n) is 2.26. The van der Waals surface area contributed by atoms with Crippen LogP contribution in [0, 0.1) is 6.92 Å². The number of carbonyl (C=O) groups excluding carboxylic acids is 1. The summed E-state index contributed by atoms with van der Waals surface area (Å²) in [5, 5.41) is 13.3. The maximum absolute atomic E-state index is 12.3. The highest BCUT2D eigenvalue weighted by molar-refractivity contribution is 5.92. The summed E-state index contributed by atoms with van der Waals surface area (Å²) in [6.07, 6.45) is 0. The largest absolute Gasteiger partial charge is 0.493 e. The summed E-state index contributed by atoms with van der Waals surface area (Å²) in [7, 11) is 1.57. The van der Waals surface area contributed by atoms with Crippen LogP contribution in [-0.2, 0) is 6.61 Å². The molecule has 3 rings (SSSR count). The Bertz CT molecular complexity index is 889. The lowest BCUT2D eigenvalue weighted by Gasteiger charge is -2.08. The van der Waals surface area contributed by atoms with Crippen molar-refractivity contribution in [2.45, 2.75) is 26.5 Å². The smallest absolute Gasteiger partial charge is 0.274 e. The van der Waals surface area contributed by atoms with Gasteiger partial charge in [0.2, 0.25) is 0 Å². The second kappa shape index (κ2) is 7.68. The molecule has 2 aromatic heterocycles. The van der Waals surface area contributed by atoms with Gasteiger partial charge in [-0.1, -0.05) is 17.3 Å². The van der Waals surface area contributed by atoms with Crippen LogP contribution >= 0.6 is 0 Å². The molecule has 2 heterocycles. The lowest BCUT2D eigenvalue weighted by atomic mass is 10.3. The molecule has 0 saturated heterocycles. The first-order valence-corrected chi connectivity index (χ1v) is 7.98. The van der Waals surface area contributed by atoms with E-state index in [0.29, 0.717) is 28.9 Å². The minimum Gasteiger partial charge on any atom is -0.493 e. The zero-order valence-corrected chi connectivity index (χ0v) is 14.6. The molecule has 0 aliphatic rings. The summed E-state index contributed by atoms with van der Waals surface area (Å²) in [6.45, 7) is 3.69. The predicted octanol–water partition coefficient (Wildman–Crippen LogP) is 2.18. The number of hydrogen-bond donors (Lipinski definition) is 2. The number of rotatable bonds is 7. The highest BCUT2D eigenvalue weighted by Crippen LogP contribution is 2.26. The molecule has 0 fully saturated rings. The van der Waals surface area contributed by atoms with E-state index in [9.17, 15) is 4.79 Å². The highest BCUT2D eigenvalue weighted by atomic mass is 16.5. The monoisotopic (exact) mass is 357 g/mol. The van der Waals surface area contributed by atoms with Gasteiger partial charge in [-0.15, -0.1) is 0 Å². The van der Waals surface area contributed by atoms with Gasteiger partial charge in [-0.3, -0.25) is 9.89 Å². The lowest BCUT2D eigenvalue weighted by molar-refractivity contribution is 0.0929. The van der Waals surface area contributed by atoms with Crippen molar-refractivity contribution in [1.29, 1.82) is 0 Å². The van der Waals surface area contributed by atoms with Crippen LogP contribution in [0.15, 0.2) is 34.9 Å². The fraction of sp³-hybridized carbons (Fsp3) is 0.294. The maximum Gasteiger partial charge on any atom is 0.274 e. The molecule has 26 heavy (non-hydrogen) atoms. The summed E-state index contributed by atoms with van der Waals surface area (Å²) in [6, 6.07) is 8.42. The van der Waals surface area contributed by atoms with Gasteiger partial charge in [-0.25, -0.2) is 4.98 Å². The third-order valence-electron chi connectivity index (χ3n) is 3.58. The zero-order valence-electron chi connectivity index (χ0n) is 14.6. The van der Waals surface area contributed by atoms with Gasteiger partial charge >= 0.3 is 0 Å². The minimum atomic E-state index is -0.382. The molecule has 136 valence electrons. The van der Waals surface area contributed by atoms with E-state index in [2.05, 4.69) is 25.7 Å². The van der Waals surface area contributed by atoms with Gasteiger partial charge in [-0.2, -0.15) is 5.10 Å². The van der Waals surface area contributed by atoms with Crippen LogP contribution in [0.5, 0.6) is 11.5 Å². The normalized spacial score (nSPS) is 11.8. The summed E-state index contributed by atoms with van der Waals surface area (Å²) in [5.74, 6) is 2.40. The molecular weight excluding hydrogens is 338 g/mol. The van der Waals surface area contributed by atoms with Gasteiger partial charge < -0.3 is 19.3 Å². The van der Waals surface area contributed by atoms with Gasteiger partial charge in [0.1, 0.15) is 12.4 Å². The number of amides is 1. The van der Waals surface area contributed by atoms with E-state index in [1.165, 1.54) is 6.07 Å². The van der Waals surface area contributed by atoms with E-state index in [-0.39, 0.29) is 24.2 Å². The molecule has 0 saturated carbocycles. The number of aromatic nitrogens is 4. The molecule has 1 amide bonds. The van der Waals surface area contributed by atoms with Crippen LogP contribution in [0.1, 0.15) is 40.9 Å². The number of hydrogen-bond acceptors (Lipinski definition) is 7. The molecule has 0 aliphatic carbocycles. The predicted molar refractivity (Wildman–Crippen MR) is 90.8 cm³/mol. The summed E-state index contributed by atoms with van der Waals surface area (Å²) in [4.78, 5) is 16.4. The van der Waals surface area contributed by atoms with E-state index < -0.39 is 0 Å². The van der Waals surface area contributed by atoms with Crippen molar-refractivity contribution in [3.8, 4) is 11.5 Å². The standard InChI is InChI=1S/C17H19N5O4/c1-10(16-19-11(2)20-21-16)18-17(23)13-8-12(26-22-13)9-25-15-7-5-4-6-14(15)24-3/h4-8,10H,9H2,1-3H3,(H,18,23)(H,19,20,21)/t10-/m0/s1. The second-order valence-corrected chi connectivity index (χ2v) is 5.59. The number of carbonyl (C=O) groups is 1. The average Bonchev–Trinajstić information content (AvgIpc) is 3.29. The summed E-state index contributed by atoms with van der Waals surface area (Å²) >= 11 is 0. The molecule has 0 spiro atoms. The number of para-hydroxylation sites is 2. The van der Waals surface area contributed by atoms with Crippen molar-refractivity contribution in [3.63, 3.8) is 0 Å². The van der Waals surface area contributed by atoms with E-state index in [0.717, 1.165) is 0 Å². The number of nitrogens with one attached hydrogen (secondary N) is 2. The van der Waals surface area contributed by atoms with Gasteiger partial charge in [0.05, 0.1) is 13.2 Å². The van der Waals surface area contributed by atoms with E-state index in [1.54, 1.807) is 33.1 Å². The fourth-order valence-corrected chi connectivity index (χ4v) is 2.26. The molecule has 9 nitrogen and oxygen atoms in total. The van der Waals surface area contributed by atoms with Gasteiger partial charge in [0.15, 0.2) is 28.8 Å². The quantitative estimate of drug-likeness (QED) is 0.666. The summed E-state index contributed by atoms with van der Waals surface area (Å²) < 4.78 is 16.0. The van der Waals surface area contributed by atoms with Crippen molar-refractivity contribution in [2.24, 2.45) is 0 Å². The van der Waals surface area contributed by atoms with Gasteiger partial charge in [-0.05, 0) is 26.0 Å². The molecule has 1 atom stereocenters. The highest BCUT2D eigenvalue weighted by Gasteiger charge is 2.18. The second-order valence-electron chi connectivity index (χ2n) is 5.59. The first-order chi connectivity index (χ1) is 12.6. The van der Waals surface area contributed by atoms with Gasteiger partial charge in [0.25, 0.3) is 5.91 Å². The van der Waals surface area contributed by atoms with Crippen molar-refractivity contribution in [2.75, 3.05) is 7.11 Å². The molecule has 0 aliphatic heterocycles. The minimum absolute atomic E-state index is 0.121. The first kappa shape index (κ1) is 17.5. The average molecular weight is 357 g/mol. The third kappa shape index (κ3) is 4.00. The number of methoxy groups -OCH3 is 1. The molecule has 1 aromatic carbocycles. The zero-order chi connectivity index (χ0) is 18.5. The van der Waals surface area contributed by atoms with E-state index in [1.807, 2.05) is 12.1 Å². The lowest BCUT2D eigenvalue weighted by Crippen LogP contribution is -2.27. The number of nitrogens with zero attached hydrogens (tertiary/aromatic N) is 3. The van der Waals surface area contributed by atoms with Crippen molar-refractivity contribution in [3.05, 3.63) is 53.4 Å². The Morgan fingerprint density at radius 2 is 2.12 bits per heavy atom. The Hall–Kier alpha value is -3.36. The Morgan fingerprint density at radius 3 is 2.81 bits per heavy atom. The molecule has 2 N–H and O–H groups in total. The van der Waals surface area contributed by atoms with Crippen molar-refractivity contribution < 1.29 is 18.8 Å². The molecule has 0 bridgehead atoms. The van der Waals surface area contributed by atoms with Crippen LogP contribution < -0.4 is 14.8 Å². The Balaban J connectivity index is 1.59. The number of aryl methyl sites for hydroxylation is 1. The molecule has 9 heteroatoms. The van der Waals surface area contributed by atoms with Crippen molar-refractivity contribution >= 4 is 5.91 Å². The SMILES string of the molecule is COc1ccccc1OCc1cc(C(=O)N[C@@H](C)c2n[nH]c(C)n2)no1. The number of H-pyrrole nitrogens is 1. The number of benzene rings is 1. The van der Waals surface area contributed by atoms with Crippen LogP contribution in [0.25, 0.3) is 0 Å². The summed E-state index contributed by atoms with van der Waals surface area (Å²) in [5.41, 5.74) is 0.155. The van der Waals surface area contributed by atoms with Crippen LogP contribution in [-0.4, -0.2) is 33.4 Å². The van der Waals surface area contributed by atoms with Crippen LogP contribution in [0.3, 0.4) is 0 Å². The molecule has 0 unspecified atom stereocenters. The molecule has 3 aromatic rings. The Labute approximate surface area is 149 Å². The Morgan fingerprint density at radius 1 is 1.35 bits per heavy atom. The van der Waals surface area contributed by atoms with Crippen molar-refractivity contribution in [1.82, 2.24) is 25.7 Å². The topological polar surface area (TPSA) is 115 Å². The molecular formula is C17H19N5O4. The van der Waals surface area contributed by atoms with Crippen LogP contribution in [0.2, 0.25) is 0 Å². The molecule has 0 radical (unpaired) electrons. The van der Waals surface area contributed by atoms with E-state index >= 15 is 0 Å². The number of ether oxygens (including phenoxy) is 2. The number of aromatic amines is 1. The maximum atomic E-state index is 12.3. The van der Waals surface area contributed by atoms with Crippen LogP contribution in [0.4, 0.5) is 0 Å². The first-order valence-electron chi connectivity index (χ1n) is 7.98. The Kier molecular flexibility index (Phi) is 5.16. The van der Waals surface area contributed by atoms with Gasteiger partial charge in [0, 0.05) is 6.07 Å².